The van der Waals surface area contributed by atoms with Gasteiger partial charge in [0.15, 0.2) is 0 Å². The van der Waals surface area contributed by atoms with Gasteiger partial charge in [-0.3, -0.25) is 0 Å². The molecule has 0 aliphatic carbocycles. The molecule has 4 heteroatoms. The molecular weight excluding hydrogens is 272 g/mol. The minimum absolute atomic E-state index is 0.669. The molecule has 0 spiro atoms. The highest BCUT2D eigenvalue weighted by Crippen LogP contribution is 2.14. The van der Waals surface area contributed by atoms with Crippen LogP contribution in [0, 0.1) is 5.92 Å². The van der Waals surface area contributed by atoms with Gasteiger partial charge in [0, 0.05) is 35.8 Å². The van der Waals surface area contributed by atoms with Gasteiger partial charge in [-0.05, 0) is 67.3 Å². The van der Waals surface area contributed by atoms with Crippen molar-refractivity contribution in [2.45, 2.75) is 19.8 Å². The number of nitrogens with two attached hydrogens (primary N) is 2. The Hall–Kier alpha value is -2.36. The summed E-state index contributed by atoms with van der Waals surface area (Å²) in [5.74, 6) is 0.669. The Kier molecular flexibility index (Phi) is 5.95. The van der Waals surface area contributed by atoms with Crippen LogP contribution in [0.25, 0.3) is 0 Å². The smallest absolute Gasteiger partial charge is 0.0341 e. The third-order valence-electron chi connectivity index (χ3n) is 3.75. The molecule has 2 aromatic rings. The van der Waals surface area contributed by atoms with Crippen LogP contribution in [0.1, 0.15) is 19.8 Å². The fourth-order valence-corrected chi connectivity index (χ4v) is 2.27. The van der Waals surface area contributed by atoms with Crippen molar-refractivity contribution in [3.8, 4) is 0 Å². The molecule has 0 bridgehead atoms. The molecule has 0 heterocycles. The summed E-state index contributed by atoms with van der Waals surface area (Å²) in [5.41, 5.74) is 15.2. The Morgan fingerprint density at radius 1 is 0.727 bits per heavy atom. The molecule has 0 aliphatic heterocycles. The third-order valence-corrected chi connectivity index (χ3v) is 3.75. The largest absolute Gasteiger partial charge is 0.399 e. The predicted octanol–water partition coefficient (Wildman–Crippen LogP) is 3.79. The van der Waals surface area contributed by atoms with Crippen LogP contribution in [0.4, 0.5) is 22.7 Å². The van der Waals surface area contributed by atoms with Crippen molar-refractivity contribution in [2.24, 2.45) is 5.92 Å². The van der Waals surface area contributed by atoms with Gasteiger partial charge in [-0.1, -0.05) is 6.92 Å². The molecule has 118 valence electrons. The fraction of sp³-hybridized carbons (Fsp3) is 0.333. The maximum absolute atomic E-state index is 5.67. The molecule has 0 atom stereocenters. The van der Waals surface area contributed by atoms with Gasteiger partial charge in [-0.2, -0.15) is 0 Å². The average molecular weight is 298 g/mol. The van der Waals surface area contributed by atoms with Crippen LogP contribution in [-0.4, -0.2) is 13.1 Å². The van der Waals surface area contributed by atoms with Gasteiger partial charge in [0.25, 0.3) is 0 Å². The molecule has 0 saturated heterocycles. The molecule has 2 aromatic carbocycles. The van der Waals surface area contributed by atoms with Gasteiger partial charge in [0.1, 0.15) is 0 Å². The zero-order chi connectivity index (χ0) is 15.8. The van der Waals surface area contributed by atoms with Crippen molar-refractivity contribution in [3.05, 3.63) is 48.5 Å². The Bertz CT molecular complexity index is 497. The summed E-state index contributed by atoms with van der Waals surface area (Å²) in [5, 5.41) is 6.85. The molecule has 0 radical (unpaired) electrons. The van der Waals surface area contributed by atoms with Gasteiger partial charge in [-0.25, -0.2) is 0 Å². The lowest BCUT2D eigenvalue weighted by molar-refractivity contribution is 0.520. The first-order chi connectivity index (χ1) is 10.6. The third kappa shape index (κ3) is 5.56. The van der Waals surface area contributed by atoms with Crippen LogP contribution in [0.15, 0.2) is 48.5 Å². The number of nitrogen functional groups attached to an aromatic ring is 2. The second kappa shape index (κ2) is 8.17. The highest BCUT2D eigenvalue weighted by molar-refractivity contribution is 5.51. The van der Waals surface area contributed by atoms with Crippen LogP contribution < -0.4 is 22.1 Å². The monoisotopic (exact) mass is 298 g/mol. The van der Waals surface area contributed by atoms with E-state index in [1.165, 1.54) is 0 Å². The molecule has 0 amide bonds. The summed E-state index contributed by atoms with van der Waals surface area (Å²) in [6.07, 6.45) is 2.29. The zero-order valence-corrected chi connectivity index (χ0v) is 13.2. The van der Waals surface area contributed by atoms with E-state index in [9.17, 15) is 0 Å². The topological polar surface area (TPSA) is 76.1 Å². The van der Waals surface area contributed by atoms with Crippen LogP contribution >= 0.6 is 0 Å². The van der Waals surface area contributed by atoms with Crippen LogP contribution in [0.2, 0.25) is 0 Å². The van der Waals surface area contributed by atoms with Crippen molar-refractivity contribution in [1.29, 1.82) is 0 Å². The normalized spacial score (nSPS) is 10.6. The lowest BCUT2D eigenvalue weighted by Crippen LogP contribution is -2.11. The first-order valence-corrected chi connectivity index (χ1v) is 7.82. The second-order valence-electron chi connectivity index (χ2n) is 5.78. The van der Waals surface area contributed by atoms with E-state index in [0.29, 0.717) is 5.92 Å². The predicted molar refractivity (Wildman–Crippen MR) is 97.1 cm³/mol. The SMILES string of the molecule is CC(CCNc1ccc(N)cc1)CCNc1ccc(N)cc1. The highest BCUT2D eigenvalue weighted by Gasteiger charge is 2.02. The Balaban J connectivity index is 1.60. The van der Waals surface area contributed by atoms with Gasteiger partial charge in [0.05, 0.1) is 0 Å². The van der Waals surface area contributed by atoms with Crippen LogP contribution in [-0.2, 0) is 0 Å². The minimum atomic E-state index is 0.669. The van der Waals surface area contributed by atoms with E-state index in [1.807, 2.05) is 48.5 Å². The molecule has 6 N–H and O–H groups in total. The Labute approximate surface area is 132 Å². The van der Waals surface area contributed by atoms with E-state index in [2.05, 4.69) is 17.6 Å². The summed E-state index contributed by atoms with van der Waals surface area (Å²) in [6, 6.07) is 15.7. The molecule has 0 unspecified atom stereocenters. The minimum Gasteiger partial charge on any atom is -0.399 e. The van der Waals surface area contributed by atoms with E-state index >= 15 is 0 Å². The summed E-state index contributed by atoms with van der Waals surface area (Å²) in [7, 11) is 0. The lowest BCUT2D eigenvalue weighted by atomic mass is 10.0. The number of benzene rings is 2. The number of hydrogen-bond acceptors (Lipinski definition) is 4. The van der Waals surface area contributed by atoms with Crippen LogP contribution in [0.5, 0.6) is 0 Å². The summed E-state index contributed by atoms with van der Waals surface area (Å²) < 4.78 is 0. The van der Waals surface area contributed by atoms with E-state index in [1.54, 1.807) is 0 Å². The van der Waals surface area contributed by atoms with Crippen molar-refractivity contribution in [2.75, 3.05) is 35.2 Å². The van der Waals surface area contributed by atoms with Crippen molar-refractivity contribution in [3.63, 3.8) is 0 Å². The maximum atomic E-state index is 5.67. The molecule has 0 aliphatic rings. The molecule has 0 fully saturated rings. The number of nitrogens with one attached hydrogen (secondary N) is 2. The van der Waals surface area contributed by atoms with Gasteiger partial charge < -0.3 is 22.1 Å². The number of rotatable bonds is 8. The van der Waals surface area contributed by atoms with E-state index < -0.39 is 0 Å². The first-order valence-electron chi connectivity index (χ1n) is 7.82. The van der Waals surface area contributed by atoms with Crippen molar-refractivity contribution < 1.29 is 0 Å². The van der Waals surface area contributed by atoms with Gasteiger partial charge >= 0.3 is 0 Å². The average Bonchev–Trinajstić information content (AvgIpc) is 2.51. The Morgan fingerprint density at radius 2 is 1.09 bits per heavy atom. The Morgan fingerprint density at radius 3 is 1.45 bits per heavy atom. The van der Waals surface area contributed by atoms with E-state index in [0.717, 1.165) is 48.7 Å². The summed E-state index contributed by atoms with van der Waals surface area (Å²) in [6.45, 7) is 4.25. The highest BCUT2D eigenvalue weighted by atomic mass is 14.9. The van der Waals surface area contributed by atoms with Crippen LogP contribution in [0.3, 0.4) is 0 Å². The summed E-state index contributed by atoms with van der Waals surface area (Å²) in [4.78, 5) is 0. The molecule has 0 aromatic heterocycles. The quantitative estimate of drug-likeness (QED) is 0.559. The van der Waals surface area contributed by atoms with E-state index in [4.69, 9.17) is 11.5 Å². The standard InChI is InChI=1S/C18H26N4/c1-14(10-12-21-17-6-2-15(19)3-7-17)11-13-22-18-8-4-16(20)5-9-18/h2-9,14,21-22H,10-13,19-20H2,1H3. The van der Waals surface area contributed by atoms with Gasteiger partial charge in [-0.15, -0.1) is 0 Å². The zero-order valence-electron chi connectivity index (χ0n) is 13.2. The molecule has 22 heavy (non-hydrogen) atoms. The maximum Gasteiger partial charge on any atom is 0.0341 e. The van der Waals surface area contributed by atoms with Crippen molar-refractivity contribution in [1.82, 2.24) is 0 Å². The lowest BCUT2D eigenvalue weighted by Gasteiger charge is -2.14. The number of hydrogen-bond donors (Lipinski definition) is 4. The molecular formula is C18H26N4. The van der Waals surface area contributed by atoms with Crippen molar-refractivity contribution >= 4 is 22.7 Å². The van der Waals surface area contributed by atoms with E-state index in [-0.39, 0.29) is 0 Å². The second-order valence-corrected chi connectivity index (χ2v) is 5.78. The van der Waals surface area contributed by atoms with Gasteiger partial charge in [0.2, 0.25) is 0 Å². The summed E-state index contributed by atoms with van der Waals surface area (Å²) >= 11 is 0. The molecule has 2 rings (SSSR count). The fourth-order valence-electron chi connectivity index (χ4n) is 2.27. The first kappa shape index (κ1) is 16.0. The molecule has 4 nitrogen and oxygen atoms in total. The number of anilines is 4. The molecule has 0 saturated carbocycles.